The number of hydrogen-bond donors (Lipinski definition) is 0. The minimum atomic E-state index is 0.106. The van der Waals surface area contributed by atoms with E-state index in [-0.39, 0.29) is 6.54 Å². The number of rotatable bonds is 2. The van der Waals surface area contributed by atoms with Gasteiger partial charge in [0.2, 0.25) is 0 Å². The molecule has 0 aliphatic heterocycles. The molecular formula is C10H6N6. The molecule has 0 radical (unpaired) electrons. The van der Waals surface area contributed by atoms with Crippen LogP contribution in [0, 0.1) is 22.7 Å². The Bertz CT molecular complexity index is 572. The molecule has 16 heavy (non-hydrogen) atoms. The number of nitrogens with zero attached hydrogens (tertiary/aromatic N) is 6. The largest absolute Gasteiger partial charge is 0.261 e. The molecule has 0 N–H and O–H groups in total. The SMILES string of the molecule is N#CCn1cc(C#N)c(-c2cnccn2)n1. The second kappa shape index (κ2) is 4.20. The molecule has 0 aliphatic carbocycles. The molecule has 6 heteroatoms. The van der Waals surface area contributed by atoms with Gasteiger partial charge in [-0.25, -0.2) is 0 Å². The first-order chi connectivity index (χ1) is 7.85. The van der Waals surface area contributed by atoms with Crippen molar-refractivity contribution in [2.24, 2.45) is 0 Å². The highest BCUT2D eigenvalue weighted by molar-refractivity contribution is 5.61. The summed E-state index contributed by atoms with van der Waals surface area (Å²) in [4.78, 5) is 7.96. The first-order valence-corrected chi connectivity index (χ1v) is 4.46. The average Bonchev–Trinajstić information content (AvgIpc) is 2.74. The molecule has 0 atom stereocenters. The highest BCUT2D eigenvalue weighted by Crippen LogP contribution is 2.17. The van der Waals surface area contributed by atoms with Crippen molar-refractivity contribution in [3.05, 3.63) is 30.4 Å². The van der Waals surface area contributed by atoms with E-state index >= 15 is 0 Å². The van der Waals surface area contributed by atoms with Gasteiger partial charge >= 0.3 is 0 Å². The first-order valence-electron chi connectivity index (χ1n) is 4.46. The van der Waals surface area contributed by atoms with Crippen molar-refractivity contribution in [1.29, 1.82) is 10.5 Å². The lowest BCUT2D eigenvalue weighted by Crippen LogP contribution is -1.96. The fourth-order valence-electron chi connectivity index (χ4n) is 1.27. The molecule has 76 valence electrons. The van der Waals surface area contributed by atoms with Crippen LogP contribution in [0.5, 0.6) is 0 Å². The van der Waals surface area contributed by atoms with Gasteiger partial charge in [0, 0.05) is 18.6 Å². The van der Waals surface area contributed by atoms with Gasteiger partial charge in [0.25, 0.3) is 0 Å². The van der Waals surface area contributed by atoms with Crippen molar-refractivity contribution in [2.75, 3.05) is 0 Å². The Hall–Kier alpha value is -2.73. The van der Waals surface area contributed by atoms with E-state index in [1.54, 1.807) is 6.20 Å². The van der Waals surface area contributed by atoms with Crippen LogP contribution >= 0.6 is 0 Å². The van der Waals surface area contributed by atoms with Crippen LogP contribution in [0.3, 0.4) is 0 Å². The van der Waals surface area contributed by atoms with Gasteiger partial charge in [0.1, 0.15) is 24.0 Å². The minimum Gasteiger partial charge on any atom is -0.261 e. The van der Waals surface area contributed by atoms with E-state index in [0.717, 1.165) is 0 Å². The van der Waals surface area contributed by atoms with Crippen LogP contribution in [0.4, 0.5) is 0 Å². The fourth-order valence-corrected chi connectivity index (χ4v) is 1.27. The summed E-state index contributed by atoms with van der Waals surface area (Å²) in [6.07, 6.45) is 6.12. The number of aromatic nitrogens is 4. The van der Waals surface area contributed by atoms with Gasteiger partial charge in [0.05, 0.1) is 17.8 Å². The van der Waals surface area contributed by atoms with Gasteiger partial charge in [-0.05, 0) is 0 Å². The van der Waals surface area contributed by atoms with E-state index in [1.807, 2.05) is 12.1 Å². The standard InChI is InChI=1S/C10H6N6/c11-1-4-16-7-8(5-12)10(15-16)9-6-13-2-3-14-9/h2-3,6-7H,4H2. The predicted molar refractivity (Wildman–Crippen MR) is 53.6 cm³/mol. The Morgan fingerprint density at radius 1 is 1.31 bits per heavy atom. The third-order valence-corrected chi connectivity index (χ3v) is 1.92. The molecular weight excluding hydrogens is 204 g/mol. The van der Waals surface area contributed by atoms with E-state index in [9.17, 15) is 0 Å². The summed E-state index contributed by atoms with van der Waals surface area (Å²) in [5.74, 6) is 0. The van der Waals surface area contributed by atoms with Gasteiger partial charge in [-0.3, -0.25) is 14.6 Å². The van der Waals surface area contributed by atoms with Crippen LogP contribution < -0.4 is 0 Å². The summed E-state index contributed by atoms with van der Waals surface area (Å²) >= 11 is 0. The Balaban J connectivity index is 2.50. The van der Waals surface area contributed by atoms with Gasteiger partial charge in [-0.1, -0.05) is 0 Å². The maximum Gasteiger partial charge on any atom is 0.130 e. The van der Waals surface area contributed by atoms with Gasteiger partial charge < -0.3 is 0 Å². The van der Waals surface area contributed by atoms with Crippen LogP contribution in [0.15, 0.2) is 24.8 Å². The minimum absolute atomic E-state index is 0.106. The predicted octanol–water partition coefficient (Wildman–Crippen LogP) is 0.735. The van der Waals surface area contributed by atoms with Crippen molar-refractivity contribution in [1.82, 2.24) is 19.7 Å². The van der Waals surface area contributed by atoms with E-state index in [1.165, 1.54) is 23.3 Å². The van der Waals surface area contributed by atoms with Crippen LogP contribution in [-0.4, -0.2) is 19.7 Å². The lowest BCUT2D eigenvalue weighted by atomic mass is 10.2. The molecule has 0 amide bonds. The van der Waals surface area contributed by atoms with E-state index < -0.39 is 0 Å². The number of hydrogen-bond acceptors (Lipinski definition) is 5. The zero-order valence-corrected chi connectivity index (χ0v) is 8.20. The summed E-state index contributed by atoms with van der Waals surface area (Å²) in [6, 6.07) is 3.97. The van der Waals surface area contributed by atoms with Crippen molar-refractivity contribution in [2.45, 2.75) is 6.54 Å². The first kappa shape index (κ1) is 9.81. The monoisotopic (exact) mass is 210 g/mol. The second-order valence-corrected chi connectivity index (χ2v) is 2.95. The summed E-state index contributed by atoms with van der Waals surface area (Å²) < 4.78 is 1.41. The number of nitriles is 2. The fraction of sp³-hybridized carbons (Fsp3) is 0.100. The van der Waals surface area contributed by atoms with E-state index in [2.05, 4.69) is 15.1 Å². The smallest absolute Gasteiger partial charge is 0.130 e. The topological polar surface area (TPSA) is 91.2 Å². The molecule has 0 aliphatic rings. The van der Waals surface area contributed by atoms with Gasteiger partial charge in [-0.2, -0.15) is 15.6 Å². The maximum absolute atomic E-state index is 8.93. The van der Waals surface area contributed by atoms with Crippen molar-refractivity contribution >= 4 is 0 Å². The summed E-state index contributed by atoms with van der Waals surface area (Å²) in [7, 11) is 0. The van der Waals surface area contributed by atoms with Crippen LogP contribution in [0.2, 0.25) is 0 Å². The highest BCUT2D eigenvalue weighted by atomic mass is 15.3. The quantitative estimate of drug-likeness (QED) is 0.728. The van der Waals surface area contributed by atoms with E-state index in [4.69, 9.17) is 10.5 Å². The van der Waals surface area contributed by atoms with Gasteiger partial charge in [-0.15, -0.1) is 0 Å². The summed E-state index contributed by atoms with van der Waals surface area (Å²) in [5, 5.41) is 21.6. The highest BCUT2D eigenvalue weighted by Gasteiger charge is 2.11. The zero-order chi connectivity index (χ0) is 11.4. The zero-order valence-electron chi connectivity index (χ0n) is 8.20. The Morgan fingerprint density at radius 2 is 2.19 bits per heavy atom. The normalized spacial score (nSPS) is 9.38. The molecule has 2 aromatic rings. The average molecular weight is 210 g/mol. The van der Waals surface area contributed by atoms with Crippen LogP contribution in [0.25, 0.3) is 11.4 Å². The lowest BCUT2D eigenvalue weighted by Gasteiger charge is -1.94. The molecule has 0 aromatic carbocycles. The second-order valence-electron chi connectivity index (χ2n) is 2.95. The lowest BCUT2D eigenvalue weighted by molar-refractivity contribution is 0.711. The third kappa shape index (κ3) is 1.72. The van der Waals surface area contributed by atoms with Crippen molar-refractivity contribution in [3.63, 3.8) is 0 Å². The molecule has 0 unspecified atom stereocenters. The molecule has 6 nitrogen and oxygen atoms in total. The molecule has 2 aromatic heterocycles. The summed E-state index contributed by atoms with van der Waals surface area (Å²) in [6.45, 7) is 0.106. The molecule has 0 bridgehead atoms. The molecule has 0 saturated carbocycles. The molecule has 0 spiro atoms. The Labute approximate surface area is 91.4 Å². The Kier molecular flexibility index (Phi) is 2.57. The third-order valence-electron chi connectivity index (χ3n) is 1.92. The Morgan fingerprint density at radius 3 is 2.81 bits per heavy atom. The van der Waals surface area contributed by atoms with Crippen molar-refractivity contribution in [3.8, 4) is 23.5 Å². The summed E-state index contributed by atoms with van der Waals surface area (Å²) in [5.41, 5.74) is 1.36. The maximum atomic E-state index is 8.93. The molecule has 2 heterocycles. The van der Waals surface area contributed by atoms with Crippen LogP contribution in [-0.2, 0) is 6.54 Å². The van der Waals surface area contributed by atoms with Crippen molar-refractivity contribution < 1.29 is 0 Å². The molecule has 0 fully saturated rings. The van der Waals surface area contributed by atoms with E-state index in [0.29, 0.717) is 17.0 Å². The molecule has 0 saturated heterocycles. The van der Waals surface area contributed by atoms with Crippen LogP contribution in [0.1, 0.15) is 5.56 Å². The van der Waals surface area contributed by atoms with Gasteiger partial charge in [0.15, 0.2) is 0 Å². The molecule has 2 rings (SSSR count).